The molecule has 0 fully saturated rings. The quantitative estimate of drug-likeness (QED) is 0.608. The summed E-state index contributed by atoms with van der Waals surface area (Å²) in [6.45, 7) is 0.696. The van der Waals surface area contributed by atoms with Gasteiger partial charge in [0.1, 0.15) is 23.5 Å². The SMILES string of the molecule is COc1cccc(-n2cc(CN(C)c3ncnc4[nH]ccc34)cn2)c1. The molecule has 0 saturated heterocycles. The third-order valence-corrected chi connectivity index (χ3v) is 4.07. The first-order valence-electron chi connectivity index (χ1n) is 7.92. The number of nitrogens with zero attached hydrogens (tertiary/aromatic N) is 5. The fraction of sp³-hybridized carbons (Fsp3) is 0.167. The molecule has 0 saturated carbocycles. The van der Waals surface area contributed by atoms with Gasteiger partial charge < -0.3 is 14.6 Å². The van der Waals surface area contributed by atoms with Crippen molar-refractivity contribution in [3.05, 3.63) is 60.8 Å². The van der Waals surface area contributed by atoms with Crippen molar-refractivity contribution < 1.29 is 4.74 Å². The van der Waals surface area contributed by atoms with Crippen molar-refractivity contribution in [3.8, 4) is 11.4 Å². The second-order valence-electron chi connectivity index (χ2n) is 5.79. The average Bonchev–Trinajstić information content (AvgIpc) is 3.30. The number of anilines is 1. The van der Waals surface area contributed by atoms with Crippen molar-refractivity contribution in [1.29, 1.82) is 0 Å². The van der Waals surface area contributed by atoms with Crippen LogP contribution in [0, 0.1) is 0 Å². The van der Waals surface area contributed by atoms with E-state index in [0.717, 1.165) is 33.9 Å². The maximum absolute atomic E-state index is 5.27. The molecule has 3 heterocycles. The molecule has 126 valence electrons. The minimum atomic E-state index is 0.696. The highest BCUT2D eigenvalue weighted by molar-refractivity contribution is 5.87. The topological polar surface area (TPSA) is 71.9 Å². The van der Waals surface area contributed by atoms with Crippen molar-refractivity contribution in [1.82, 2.24) is 24.7 Å². The van der Waals surface area contributed by atoms with E-state index in [9.17, 15) is 0 Å². The lowest BCUT2D eigenvalue weighted by Gasteiger charge is -2.17. The molecule has 0 radical (unpaired) electrons. The van der Waals surface area contributed by atoms with Crippen molar-refractivity contribution in [2.75, 3.05) is 19.1 Å². The van der Waals surface area contributed by atoms with Crippen LogP contribution in [0.25, 0.3) is 16.7 Å². The molecule has 0 aliphatic heterocycles. The largest absolute Gasteiger partial charge is 0.497 e. The van der Waals surface area contributed by atoms with Gasteiger partial charge in [0, 0.05) is 37.6 Å². The van der Waals surface area contributed by atoms with Gasteiger partial charge in [0.25, 0.3) is 0 Å². The van der Waals surface area contributed by atoms with Crippen LogP contribution < -0.4 is 9.64 Å². The minimum absolute atomic E-state index is 0.696. The number of methoxy groups -OCH3 is 1. The van der Waals surface area contributed by atoms with Crippen LogP contribution in [0.5, 0.6) is 5.75 Å². The molecule has 0 spiro atoms. The van der Waals surface area contributed by atoms with Gasteiger partial charge in [-0.1, -0.05) is 6.07 Å². The predicted molar refractivity (Wildman–Crippen MR) is 96.1 cm³/mol. The normalized spacial score (nSPS) is 11.0. The fourth-order valence-corrected chi connectivity index (χ4v) is 2.85. The molecule has 7 heteroatoms. The molecular weight excluding hydrogens is 316 g/mol. The Morgan fingerprint density at radius 2 is 2.16 bits per heavy atom. The molecule has 0 amide bonds. The van der Waals surface area contributed by atoms with Crippen molar-refractivity contribution >= 4 is 16.9 Å². The van der Waals surface area contributed by atoms with E-state index in [0.29, 0.717) is 6.54 Å². The molecule has 4 aromatic rings. The number of hydrogen-bond acceptors (Lipinski definition) is 5. The third-order valence-electron chi connectivity index (χ3n) is 4.07. The molecular formula is C18H18N6O. The lowest BCUT2D eigenvalue weighted by molar-refractivity contribution is 0.414. The standard InChI is InChI=1S/C18H18N6O/c1-23(18-16-6-7-19-17(16)20-12-21-18)10-13-9-22-24(11-13)14-4-3-5-15(8-14)25-2/h3-9,11-12H,10H2,1-2H3,(H,19,20,21). The zero-order valence-corrected chi connectivity index (χ0v) is 14.0. The van der Waals surface area contributed by atoms with E-state index < -0.39 is 0 Å². The van der Waals surface area contributed by atoms with Crippen molar-refractivity contribution in [3.63, 3.8) is 0 Å². The predicted octanol–water partition coefficient (Wildman–Crippen LogP) is 2.79. The number of aromatic amines is 1. The summed E-state index contributed by atoms with van der Waals surface area (Å²) in [5.74, 6) is 1.70. The molecule has 0 aliphatic carbocycles. The first kappa shape index (κ1) is 15.2. The Kier molecular flexibility index (Phi) is 3.81. The highest BCUT2D eigenvalue weighted by Crippen LogP contribution is 2.22. The molecule has 0 unspecified atom stereocenters. The van der Waals surface area contributed by atoms with Gasteiger partial charge in [-0.15, -0.1) is 0 Å². The number of hydrogen-bond donors (Lipinski definition) is 1. The third kappa shape index (κ3) is 2.91. The molecule has 3 aromatic heterocycles. The fourth-order valence-electron chi connectivity index (χ4n) is 2.85. The molecule has 1 N–H and O–H groups in total. The second kappa shape index (κ2) is 6.27. The Bertz CT molecular complexity index is 1010. The average molecular weight is 334 g/mol. The van der Waals surface area contributed by atoms with Crippen molar-refractivity contribution in [2.24, 2.45) is 0 Å². The smallest absolute Gasteiger partial charge is 0.142 e. The van der Waals surface area contributed by atoms with Crippen LogP contribution in [-0.4, -0.2) is 38.9 Å². The highest BCUT2D eigenvalue weighted by Gasteiger charge is 2.11. The summed E-state index contributed by atoms with van der Waals surface area (Å²) in [5.41, 5.74) is 2.89. The van der Waals surface area contributed by atoms with Gasteiger partial charge in [0.2, 0.25) is 0 Å². The molecule has 0 aliphatic rings. The van der Waals surface area contributed by atoms with E-state index in [4.69, 9.17) is 4.74 Å². The molecule has 0 atom stereocenters. The van der Waals surface area contributed by atoms with Gasteiger partial charge in [0.15, 0.2) is 0 Å². The number of H-pyrrole nitrogens is 1. The summed E-state index contributed by atoms with van der Waals surface area (Å²) in [6.07, 6.45) is 7.33. The van der Waals surface area contributed by atoms with Crippen LogP contribution in [0.4, 0.5) is 5.82 Å². The zero-order valence-electron chi connectivity index (χ0n) is 14.0. The Hall–Kier alpha value is -3.35. The van der Waals surface area contributed by atoms with Crippen LogP contribution in [-0.2, 0) is 6.54 Å². The molecule has 25 heavy (non-hydrogen) atoms. The van der Waals surface area contributed by atoms with E-state index in [1.807, 2.05) is 60.7 Å². The van der Waals surface area contributed by atoms with Crippen LogP contribution in [0.3, 0.4) is 0 Å². The Morgan fingerprint density at radius 3 is 3.04 bits per heavy atom. The summed E-state index contributed by atoms with van der Waals surface area (Å²) in [5, 5.41) is 5.46. The lowest BCUT2D eigenvalue weighted by atomic mass is 10.3. The van der Waals surface area contributed by atoms with Gasteiger partial charge in [-0.25, -0.2) is 14.6 Å². The van der Waals surface area contributed by atoms with Crippen LogP contribution in [0.15, 0.2) is 55.2 Å². The summed E-state index contributed by atoms with van der Waals surface area (Å²) in [6, 6.07) is 9.80. The maximum atomic E-state index is 5.27. The van der Waals surface area contributed by atoms with Gasteiger partial charge >= 0.3 is 0 Å². The molecule has 4 rings (SSSR count). The van der Waals surface area contributed by atoms with Gasteiger partial charge in [-0.2, -0.15) is 5.10 Å². The van der Waals surface area contributed by atoms with Crippen LogP contribution >= 0.6 is 0 Å². The highest BCUT2D eigenvalue weighted by atomic mass is 16.5. The number of ether oxygens (including phenoxy) is 1. The zero-order chi connectivity index (χ0) is 17.2. The van der Waals surface area contributed by atoms with E-state index in [1.54, 1.807) is 13.4 Å². The lowest BCUT2D eigenvalue weighted by Crippen LogP contribution is -2.17. The van der Waals surface area contributed by atoms with Gasteiger partial charge in [-0.05, 0) is 18.2 Å². The van der Waals surface area contributed by atoms with E-state index in [2.05, 4.69) is 25.0 Å². The number of fused-ring (bicyclic) bond motifs is 1. The number of aromatic nitrogens is 5. The maximum Gasteiger partial charge on any atom is 0.142 e. The number of nitrogens with one attached hydrogen (secondary N) is 1. The van der Waals surface area contributed by atoms with E-state index in [-0.39, 0.29) is 0 Å². The monoisotopic (exact) mass is 334 g/mol. The minimum Gasteiger partial charge on any atom is -0.497 e. The summed E-state index contributed by atoms with van der Waals surface area (Å²) in [4.78, 5) is 13.8. The van der Waals surface area contributed by atoms with Crippen LogP contribution in [0.2, 0.25) is 0 Å². The Morgan fingerprint density at radius 1 is 1.24 bits per heavy atom. The first-order chi connectivity index (χ1) is 12.2. The molecule has 7 nitrogen and oxygen atoms in total. The number of rotatable bonds is 5. The van der Waals surface area contributed by atoms with Crippen molar-refractivity contribution in [2.45, 2.75) is 6.54 Å². The Labute approximate surface area is 144 Å². The second-order valence-corrected chi connectivity index (χ2v) is 5.79. The molecule has 0 bridgehead atoms. The Balaban J connectivity index is 1.57. The van der Waals surface area contributed by atoms with E-state index in [1.165, 1.54) is 0 Å². The van der Waals surface area contributed by atoms with Gasteiger partial charge in [-0.3, -0.25) is 0 Å². The van der Waals surface area contributed by atoms with Crippen LogP contribution in [0.1, 0.15) is 5.56 Å². The van der Waals surface area contributed by atoms with Gasteiger partial charge in [0.05, 0.1) is 24.4 Å². The summed E-state index contributed by atoms with van der Waals surface area (Å²) < 4.78 is 7.12. The van der Waals surface area contributed by atoms with E-state index >= 15 is 0 Å². The summed E-state index contributed by atoms with van der Waals surface area (Å²) in [7, 11) is 3.67. The first-order valence-corrected chi connectivity index (χ1v) is 7.92. The summed E-state index contributed by atoms with van der Waals surface area (Å²) >= 11 is 0. The molecule has 1 aromatic carbocycles. The number of benzene rings is 1.